The number of aryl methyl sites for hydroxylation is 3. The normalized spacial score (nSPS) is 14.8. The lowest BCUT2D eigenvalue weighted by Gasteiger charge is -2.29. The van der Waals surface area contributed by atoms with Gasteiger partial charge in [0, 0.05) is 42.5 Å². The lowest BCUT2D eigenvalue weighted by atomic mass is 9.98. The van der Waals surface area contributed by atoms with E-state index in [0.29, 0.717) is 11.5 Å². The average Bonchev–Trinajstić information content (AvgIpc) is 3.17. The van der Waals surface area contributed by atoms with Crippen LogP contribution in [0.5, 0.6) is 11.5 Å². The number of hydrogen-bond donors (Lipinski definition) is 1. The van der Waals surface area contributed by atoms with Crippen LogP contribution in [0.3, 0.4) is 0 Å². The average molecular weight is 485 g/mol. The minimum absolute atomic E-state index is 0.00582. The van der Waals surface area contributed by atoms with Crippen LogP contribution in [0.25, 0.3) is 22.3 Å². The topological polar surface area (TPSA) is 85.2 Å². The van der Waals surface area contributed by atoms with E-state index < -0.39 is 0 Å². The zero-order chi connectivity index (χ0) is 25.2. The fourth-order valence-electron chi connectivity index (χ4n) is 4.79. The molecular formula is C28H32N6O2. The minimum atomic E-state index is 0.00582. The van der Waals surface area contributed by atoms with E-state index >= 15 is 0 Å². The van der Waals surface area contributed by atoms with Crippen LogP contribution in [0, 0.1) is 6.92 Å². The van der Waals surface area contributed by atoms with E-state index in [0.717, 1.165) is 71.5 Å². The number of piperidine rings is 1. The molecule has 0 spiro atoms. The van der Waals surface area contributed by atoms with E-state index in [-0.39, 0.29) is 11.9 Å². The van der Waals surface area contributed by atoms with Crippen LogP contribution >= 0.6 is 0 Å². The summed E-state index contributed by atoms with van der Waals surface area (Å²) in [6.45, 7) is 6.04. The zero-order valence-electron chi connectivity index (χ0n) is 21.3. The van der Waals surface area contributed by atoms with Crippen molar-refractivity contribution in [3.8, 4) is 22.8 Å². The number of hydrogen-bond acceptors (Lipinski definition) is 6. The summed E-state index contributed by atoms with van der Waals surface area (Å²) >= 11 is 0. The maximum absolute atomic E-state index is 13.0. The molecule has 1 N–H and O–H groups in total. The Labute approximate surface area is 211 Å². The van der Waals surface area contributed by atoms with Crippen molar-refractivity contribution in [2.24, 2.45) is 7.05 Å². The van der Waals surface area contributed by atoms with E-state index in [2.05, 4.69) is 45.3 Å². The molecule has 4 heterocycles. The van der Waals surface area contributed by atoms with Gasteiger partial charge in [0.25, 0.3) is 5.91 Å². The van der Waals surface area contributed by atoms with Crippen molar-refractivity contribution in [1.82, 2.24) is 30.0 Å². The smallest absolute Gasteiger partial charge is 0.251 e. The molecule has 1 amide bonds. The molecule has 186 valence electrons. The number of nitrogens with zero attached hydrogens (tertiary/aromatic N) is 5. The predicted octanol–water partition coefficient (Wildman–Crippen LogP) is 4.52. The number of nitrogens with one attached hydrogen (secondary N) is 1. The van der Waals surface area contributed by atoms with Gasteiger partial charge in [-0.1, -0.05) is 13.0 Å². The van der Waals surface area contributed by atoms with Crippen molar-refractivity contribution in [3.63, 3.8) is 0 Å². The summed E-state index contributed by atoms with van der Waals surface area (Å²) in [4.78, 5) is 24.4. The van der Waals surface area contributed by atoms with Gasteiger partial charge in [-0.25, -0.2) is 4.98 Å². The first-order valence-electron chi connectivity index (χ1n) is 12.5. The molecule has 0 aliphatic carbocycles. The van der Waals surface area contributed by atoms with Gasteiger partial charge in [-0.3, -0.25) is 14.5 Å². The number of pyridine rings is 2. The Morgan fingerprint density at radius 1 is 1.08 bits per heavy atom. The van der Waals surface area contributed by atoms with Crippen molar-refractivity contribution >= 4 is 16.9 Å². The molecule has 36 heavy (non-hydrogen) atoms. The molecule has 0 radical (unpaired) electrons. The highest BCUT2D eigenvalue weighted by molar-refractivity contribution is 5.96. The second-order valence-corrected chi connectivity index (χ2v) is 9.50. The Bertz CT molecular complexity index is 1400. The third kappa shape index (κ3) is 4.95. The molecular weight excluding hydrogens is 452 g/mol. The van der Waals surface area contributed by atoms with Gasteiger partial charge < -0.3 is 15.0 Å². The van der Waals surface area contributed by atoms with Crippen LogP contribution in [-0.4, -0.2) is 56.7 Å². The first-order chi connectivity index (χ1) is 17.4. The number of ether oxygens (including phenoxy) is 1. The van der Waals surface area contributed by atoms with Crippen LogP contribution in [-0.2, 0) is 13.5 Å². The fourth-order valence-corrected chi connectivity index (χ4v) is 4.79. The number of likely N-dealkylation sites (tertiary alicyclic amines) is 1. The van der Waals surface area contributed by atoms with Crippen LogP contribution < -0.4 is 10.1 Å². The van der Waals surface area contributed by atoms with Gasteiger partial charge in [-0.2, -0.15) is 5.10 Å². The number of benzene rings is 1. The second-order valence-electron chi connectivity index (χ2n) is 9.50. The van der Waals surface area contributed by atoms with Crippen molar-refractivity contribution in [3.05, 3.63) is 65.6 Å². The highest BCUT2D eigenvalue weighted by Crippen LogP contribution is 2.29. The highest BCUT2D eigenvalue weighted by Gasteiger charge is 2.20. The molecule has 1 aliphatic rings. The van der Waals surface area contributed by atoms with Crippen molar-refractivity contribution in [2.45, 2.75) is 39.2 Å². The third-order valence-electron chi connectivity index (χ3n) is 6.88. The second kappa shape index (κ2) is 10.1. The summed E-state index contributed by atoms with van der Waals surface area (Å²) in [7, 11) is 4.02. The van der Waals surface area contributed by atoms with Crippen molar-refractivity contribution in [2.75, 3.05) is 20.1 Å². The molecule has 1 saturated heterocycles. The largest absolute Gasteiger partial charge is 0.456 e. The molecule has 0 bridgehead atoms. The van der Waals surface area contributed by atoms with Gasteiger partial charge in [0.05, 0.1) is 23.1 Å². The molecule has 1 fully saturated rings. The van der Waals surface area contributed by atoms with Gasteiger partial charge in [0.15, 0.2) is 0 Å². The van der Waals surface area contributed by atoms with Crippen LogP contribution in [0.15, 0.2) is 48.8 Å². The first-order valence-corrected chi connectivity index (χ1v) is 12.5. The Kier molecular flexibility index (Phi) is 6.69. The van der Waals surface area contributed by atoms with Crippen LogP contribution in [0.2, 0.25) is 0 Å². The van der Waals surface area contributed by atoms with Gasteiger partial charge in [0.2, 0.25) is 0 Å². The van der Waals surface area contributed by atoms with Crippen molar-refractivity contribution < 1.29 is 9.53 Å². The molecule has 1 aromatic carbocycles. The number of amides is 1. The summed E-state index contributed by atoms with van der Waals surface area (Å²) in [5.41, 5.74) is 6.15. The zero-order valence-corrected chi connectivity index (χ0v) is 21.3. The summed E-state index contributed by atoms with van der Waals surface area (Å²) < 4.78 is 7.92. The quantitative estimate of drug-likeness (QED) is 0.433. The SMILES string of the molecule is CCc1cc(-c2cc(Oc3cnc4c(C)nn(C)c4c3)ccn2)ccc1C(=O)NC1CCN(C)CC1. The van der Waals surface area contributed by atoms with Crippen LogP contribution in [0.1, 0.15) is 41.4 Å². The number of carbonyl (C=O) groups is 1. The molecule has 8 heteroatoms. The Hall–Kier alpha value is -3.78. The molecule has 1 aliphatic heterocycles. The molecule has 8 nitrogen and oxygen atoms in total. The van der Waals surface area contributed by atoms with E-state index in [1.807, 2.05) is 44.3 Å². The molecule has 5 rings (SSSR count). The monoisotopic (exact) mass is 484 g/mol. The number of carbonyl (C=O) groups excluding carboxylic acids is 1. The fraction of sp³-hybridized carbons (Fsp3) is 0.357. The highest BCUT2D eigenvalue weighted by atomic mass is 16.5. The van der Waals surface area contributed by atoms with Gasteiger partial charge in [0.1, 0.15) is 17.0 Å². The van der Waals surface area contributed by atoms with Crippen molar-refractivity contribution in [1.29, 1.82) is 0 Å². The Morgan fingerprint density at radius 2 is 1.89 bits per heavy atom. The molecule has 0 saturated carbocycles. The standard InChI is InChI=1S/C28H32N6O2/c1-5-19-14-20(6-7-24(19)28(35)31-21-9-12-33(3)13-10-21)25-15-22(8-11-29-25)36-23-16-26-27(30-17-23)18(2)32-34(26)4/h6-8,11,14-17,21H,5,9-10,12-13H2,1-4H3,(H,31,35). The van der Waals surface area contributed by atoms with Gasteiger partial charge in [-0.05, 0) is 70.1 Å². The molecule has 0 unspecified atom stereocenters. The maximum atomic E-state index is 13.0. The molecule has 0 atom stereocenters. The molecule has 4 aromatic rings. The van der Waals surface area contributed by atoms with Gasteiger partial charge >= 0.3 is 0 Å². The Morgan fingerprint density at radius 3 is 2.67 bits per heavy atom. The number of aromatic nitrogens is 4. The lowest BCUT2D eigenvalue weighted by Crippen LogP contribution is -2.43. The first kappa shape index (κ1) is 23.9. The summed E-state index contributed by atoms with van der Waals surface area (Å²) in [5.74, 6) is 1.31. The summed E-state index contributed by atoms with van der Waals surface area (Å²) in [6, 6.07) is 11.8. The van der Waals surface area contributed by atoms with E-state index in [4.69, 9.17) is 4.74 Å². The van der Waals surface area contributed by atoms with E-state index in [9.17, 15) is 4.79 Å². The summed E-state index contributed by atoms with van der Waals surface area (Å²) in [5, 5.41) is 7.65. The number of fused-ring (bicyclic) bond motifs is 1. The van der Waals surface area contributed by atoms with Gasteiger partial charge in [-0.15, -0.1) is 0 Å². The predicted molar refractivity (Wildman–Crippen MR) is 140 cm³/mol. The van der Waals surface area contributed by atoms with E-state index in [1.54, 1.807) is 17.1 Å². The maximum Gasteiger partial charge on any atom is 0.251 e. The third-order valence-corrected chi connectivity index (χ3v) is 6.88. The summed E-state index contributed by atoms with van der Waals surface area (Å²) in [6.07, 6.45) is 6.18. The van der Waals surface area contributed by atoms with Crippen LogP contribution in [0.4, 0.5) is 0 Å². The Balaban J connectivity index is 1.34. The van der Waals surface area contributed by atoms with E-state index in [1.165, 1.54) is 0 Å². The number of rotatable bonds is 6. The minimum Gasteiger partial charge on any atom is -0.456 e. The lowest BCUT2D eigenvalue weighted by molar-refractivity contribution is 0.0916. The molecule has 3 aromatic heterocycles.